The highest BCUT2D eigenvalue weighted by molar-refractivity contribution is 7.99. The van der Waals surface area contributed by atoms with Gasteiger partial charge in [-0.15, -0.1) is 0 Å². The number of carbonyl (C=O) groups excluding carboxylic acids is 1. The minimum atomic E-state index is -0.565. The van der Waals surface area contributed by atoms with Gasteiger partial charge >= 0.3 is 0 Å². The number of pyridine rings is 1. The van der Waals surface area contributed by atoms with Crippen molar-refractivity contribution < 1.29 is 19.4 Å². The molecule has 0 saturated carbocycles. The molecule has 0 bridgehead atoms. The third-order valence-electron chi connectivity index (χ3n) is 6.67. The zero-order chi connectivity index (χ0) is 27.0. The van der Waals surface area contributed by atoms with E-state index in [4.69, 9.17) is 9.47 Å². The molecule has 4 aromatic rings. The zero-order valence-corrected chi connectivity index (χ0v) is 22.3. The number of aliphatic hydroxyl groups excluding tert-OH is 1. The Morgan fingerprint density at radius 3 is 2.33 bits per heavy atom. The van der Waals surface area contributed by atoms with E-state index in [1.807, 2.05) is 48.5 Å². The highest BCUT2D eigenvalue weighted by Crippen LogP contribution is 2.42. The van der Waals surface area contributed by atoms with Crippen molar-refractivity contribution in [3.8, 4) is 0 Å². The highest BCUT2D eigenvalue weighted by Gasteiger charge is 2.38. The van der Waals surface area contributed by atoms with Crippen molar-refractivity contribution in [3.63, 3.8) is 0 Å². The number of rotatable bonds is 9. The zero-order valence-electron chi connectivity index (χ0n) is 21.5. The van der Waals surface area contributed by atoms with Crippen molar-refractivity contribution in [1.82, 2.24) is 20.3 Å². The second-order valence-corrected chi connectivity index (χ2v) is 10.3. The molecular weight excluding hydrogens is 512 g/mol. The number of aliphatic hydroxyl groups is 1. The molecule has 8 nitrogen and oxygen atoms in total. The summed E-state index contributed by atoms with van der Waals surface area (Å²) >= 11 is 1.56. The minimum absolute atomic E-state index is 0.00151. The van der Waals surface area contributed by atoms with Crippen LogP contribution < -0.4 is 5.32 Å². The highest BCUT2D eigenvalue weighted by atomic mass is 32.2. The first-order valence-electron chi connectivity index (χ1n) is 12.8. The summed E-state index contributed by atoms with van der Waals surface area (Å²) in [6.45, 7) is 2.53. The first-order valence-corrected chi connectivity index (χ1v) is 13.8. The summed E-state index contributed by atoms with van der Waals surface area (Å²) in [5.41, 5.74) is 4.27. The van der Waals surface area contributed by atoms with Gasteiger partial charge in [0.25, 0.3) is 5.91 Å². The molecule has 1 aliphatic heterocycles. The van der Waals surface area contributed by atoms with Gasteiger partial charge in [0.2, 0.25) is 0 Å². The lowest BCUT2D eigenvalue weighted by Gasteiger charge is -2.41. The Labute approximate surface area is 231 Å². The minimum Gasteiger partial charge on any atom is -0.392 e. The topological polar surface area (TPSA) is 106 Å². The summed E-state index contributed by atoms with van der Waals surface area (Å²) in [7, 11) is 0. The van der Waals surface area contributed by atoms with Gasteiger partial charge in [-0.1, -0.05) is 67.2 Å². The molecule has 2 aromatic heterocycles. The summed E-state index contributed by atoms with van der Waals surface area (Å²) < 4.78 is 13.0. The molecule has 2 aromatic carbocycles. The molecule has 39 heavy (non-hydrogen) atoms. The van der Waals surface area contributed by atoms with Gasteiger partial charge < -0.3 is 19.9 Å². The molecule has 0 aliphatic carbocycles. The van der Waals surface area contributed by atoms with Crippen molar-refractivity contribution >= 4 is 17.7 Å². The van der Waals surface area contributed by atoms with Crippen LogP contribution in [0.3, 0.4) is 0 Å². The normalized spacial score (nSPS) is 20.9. The Morgan fingerprint density at radius 2 is 1.64 bits per heavy atom. The molecule has 2 N–H and O–H groups in total. The fourth-order valence-corrected chi connectivity index (χ4v) is 5.37. The molecule has 5 rings (SSSR count). The van der Waals surface area contributed by atoms with Gasteiger partial charge in [-0.25, -0.2) is 9.97 Å². The van der Waals surface area contributed by atoms with Crippen molar-refractivity contribution in [3.05, 3.63) is 119 Å². The molecule has 4 atom stereocenters. The third kappa shape index (κ3) is 6.88. The Balaban J connectivity index is 1.30. The van der Waals surface area contributed by atoms with Crippen LogP contribution >= 0.6 is 11.8 Å². The number of nitrogens with zero attached hydrogens (tertiary/aromatic N) is 3. The fraction of sp³-hybridized carbons (Fsp3) is 0.267. The number of thioether (sulfide) groups is 1. The summed E-state index contributed by atoms with van der Waals surface area (Å²) in [4.78, 5) is 25.0. The second-order valence-electron chi connectivity index (χ2n) is 9.33. The monoisotopic (exact) mass is 542 g/mol. The summed E-state index contributed by atoms with van der Waals surface area (Å²) in [6, 6.07) is 21.0. The average Bonchev–Trinajstić information content (AvgIpc) is 3.00. The third-order valence-corrected chi connectivity index (χ3v) is 7.64. The van der Waals surface area contributed by atoms with Gasteiger partial charge in [0.15, 0.2) is 11.4 Å². The SMILES string of the molecule is CC1C(CSc2ncccn2)OC(c2ccc(CNC(=O)c3cccnc3)cc2)OC1c1ccc(CO)cc1. The number of carbonyl (C=O) groups is 1. The van der Waals surface area contributed by atoms with Crippen molar-refractivity contribution in [2.24, 2.45) is 5.92 Å². The van der Waals surface area contributed by atoms with Crippen LogP contribution in [0, 0.1) is 5.92 Å². The maximum Gasteiger partial charge on any atom is 0.253 e. The Kier molecular flexibility index (Phi) is 8.95. The predicted molar refractivity (Wildman–Crippen MR) is 148 cm³/mol. The van der Waals surface area contributed by atoms with E-state index in [-0.39, 0.29) is 30.6 Å². The molecule has 9 heteroatoms. The average molecular weight is 543 g/mol. The van der Waals surface area contributed by atoms with Crippen LogP contribution in [0.2, 0.25) is 0 Å². The van der Waals surface area contributed by atoms with E-state index in [0.717, 1.165) is 22.3 Å². The maximum absolute atomic E-state index is 12.4. The van der Waals surface area contributed by atoms with E-state index >= 15 is 0 Å². The fourth-order valence-electron chi connectivity index (χ4n) is 4.40. The molecule has 1 saturated heterocycles. The van der Waals surface area contributed by atoms with E-state index in [2.05, 4.69) is 27.2 Å². The van der Waals surface area contributed by atoms with E-state index < -0.39 is 6.29 Å². The Hall–Kier alpha value is -3.63. The molecule has 200 valence electrons. The van der Waals surface area contributed by atoms with Crippen LogP contribution in [0.15, 0.2) is 96.7 Å². The standard InChI is InChI=1S/C30H30N4O4S/c1-20-26(19-39-30-32-14-3-15-33-30)37-29(38-27(20)23-9-7-22(18-35)8-10-23)24-11-5-21(6-12-24)16-34-28(36)25-4-2-13-31-17-25/h2-15,17,20,26-27,29,35H,16,18-19H2,1H3,(H,34,36). The van der Waals surface area contributed by atoms with Crippen LogP contribution in [0.1, 0.15) is 51.9 Å². The first-order chi connectivity index (χ1) is 19.1. The molecule has 1 aliphatic rings. The smallest absolute Gasteiger partial charge is 0.253 e. The lowest BCUT2D eigenvalue weighted by Crippen LogP contribution is -2.38. The second kappa shape index (κ2) is 12.9. The number of hydrogen-bond acceptors (Lipinski definition) is 8. The van der Waals surface area contributed by atoms with E-state index in [1.165, 1.54) is 0 Å². The van der Waals surface area contributed by atoms with E-state index in [0.29, 0.717) is 23.0 Å². The van der Waals surface area contributed by atoms with Crippen molar-refractivity contribution in [1.29, 1.82) is 0 Å². The van der Waals surface area contributed by atoms with E-state index in [9.17, 15) is 9.90 Å². The van der Waals surface area contributed by atoms with Crippen LogP contribution in [-0.2, 0) is 22.6 Å². The lowest BCUT2D eigenvalue weighted by molar-refractivity contribution is -0.268. The molecule has 0 spiro atoms. The van der Waals surface area contributed by atoms with Gasteiger partial charge in [0, 0.05) is 48.6 Å². The molecule has 3 heterocycles. The number of benzene rings is 2. The van der Waals surface area contributed by atoms with Gasteiger partial charge in [0.05, 0.1) is 24.4 Å². The first kappa shape index (κ1) is 27.0. The lowest BCUT2D eigenvalue weighted by atomic mass is 9.91. The van der Waals surface area contributed by atoms with Gasteiger partial charge in [0.1, 0.15) is 0 Å². The number of nitrogens with one attached hydrogen (secondary N) is 1. The van der Waals surface area contributed by atoms with Crippen LogP contribution in [0.25, 0.3) is 0 Å². The quantitative estimate of drug-likeness (QED) is 0.228. The molecule has 1 fully saturated rings. The van der Waals surface area contributed by atoms with Crippen molar-refractivity contribution in [2.75, 3.05) is 5.75 Å². The summed E-state index contributed by atoms with van der Waals surface area (Å²) in [5.74, 6) is 0.576. The van der Waals surface area contributed by atoms with Gasteiger partial charge in [-0.2, -0.15) is 0 Å². The predicted octanol–water partition coefficient (Wildman–Crippen LogP) is 4.88. The van der Waals surface area contributed by atoms with Gasteiger partial charge in [-0.3, -0.25) is 9.78 Å². The summed E-state index contributed by atoms with van der Waals surface area (Å²) in [5, 5.41) is 13.1. The molecule has 1 amide bonds. The maximum atomic E-state index is 12.4. The molecular formula is C30H30N4O4S. The van der Waals surface area contributed by atoms with Crippen LogP contribution in [0.5, 0.6) is 0 Å². The van der Waals surface area contributed by atoms with Crippen molar-refractivity contribution in [2.45, 2.75) is 43.7 Å². The van der Waals surface area contributed by atoms with Crippen LogP contribution in [-0.4, -0.2) is 37.8 Å². The largest absolute Gasteiger partial charge is 0.392 e. The number of aromatic nitrogens is 3. The Morgan fingerprint density at radius 1 is 0.923 bits per heavy atom. The van der Waals surface area contributed by atoms with E-state index in [1.54, 1.807) is 54.7 Å². The van der Waals surface area contributed by atoms with Gasteiger partial charge in [-0.05, 0) is 34.9 Å². The Bertz CT molecular complexity index is 1340. The van der Waals surface area contributed by atoms with Crippen LogP contribution in [0.4, 0.5) is 0 Å². The number of hydrogen-bond donors (Lipinski definition) is 2. The summed E-state index contributed by atoms with van der Waals surface area (Å²) in [6.07, 6.45) is 5.78. The number of amides is 1. The molecule has 4 unspecified atom stereocenters. The number of ether oxygens (including phenoxy) is 2. The molecule has 0 radical (unpaired) electrons.